The summed E-state index contributed by atoms with van der Waals surface area (Å²) in [5.41, 5.74) is 5.33. The molecule has 0 saturated carbocycles. The van der Waals surface area contributed by atoms with Crippen LogP contribution in [-0.4, -0.2) is 41.8 Å². The Hall–Kier alpha value is -0.980. The van der Waals surface area contributed by atoms with Crippen molar-refractivity contribution < 1.29 is 9.26 Å². The number of nitrogens with zero attached hydrogens (tertiary/aromatic N) is 3. The molecule has 0 unspecified atom stereocenters. The lowest BCUT2D eigenvalue weighted by molar-refractivity contribution is 0.139. The minimum atomic E-state index is -0.564. The second-order valence-electron chi connectivity index (χ2n) is 4.59. The maximum atomic E-state index is 5.90. The van der Waals surface area contributed by atoms with Crippen LogP contribution in [0.4, 0.5) is 0 Å². The van der Waals surface area contributed by atoms with E-state index in [9.17, 15) is 0 Å². The second kappa shape index (κ2) is 6.09. The maximum Gasteiger partial charge on any atom is 0.240 e. The lowest BCUT2D eigenvalue weighted by atomic mass is 10.1. The van der Waals surface area contributed by atoms with E-state index in [0.29, 0.717) is 24.9 Å². The fourth-order valence-corrected chi connectivity index (χ4v) is 1.34. The monoisotopic (exact) mass is 242 g/mol. The zero-order valence-electron chi connectivity index (χ0n) is 11.1. The van der Waals surface area contributed by atoms with Crippen LogP contribution in [-0.2, 0) is 16.8 Å². The third-order valence-corrected chi connectivity index (χ3v) is 2.46. The molecular formula is C11H22N4O2. The Morgan fingerprint density at radius 3 is 2.65 bits per heavy atom. The molecule has 6 nitrogen and oxygen atoms in total. The van der Waals surface area contributed by atoms with Gasteiger partial charge in [-0.2, -0.15) is 4.98 Å². The number of methoxy groups -OCH3 is 1. The van der Waals surface area contributed by atoms with Crippen LogP contribution in [0.5, 0.6) is 0 Å². The number of nitrogens with two attached hydrogens (primary N) is 1. The normalized spacial score (nSPS) is 12.4. The number of hydrogen-bond donors (Lipinski definition) is 1. The highest BCUT2D eigenvalue weighted by molar-refractivity contribution is 4.98. The van der Waals surface area contributed by atoms with E-state index in [1.807, 2.05) is 13.8 Å². The van der Waals surface area contributed by atoms with Crippen LogP contribution < -0.4 is 5.73 Å². The van der Waals surface area contributed by atoms with Crippen molar-refractivity contribution in [3.8, 4) is 0 Å². The summed E-state index contributed by atoms with van der Waals surface area (Å²) in [6.45, 7) is 8.86. The second-order valence-corrected chi connectivity index (χ2v) is 4.59. The molecule has 0 spiro atoms. The third kappa shape index (κ3) is 4.41. The first kappa shape index (κ1) is 14.1. The maximum absolute atomic E-state index is 5.90. The molecule has 1 heterocycles. The summed E-state index contributed by atoms with van der Waals surface area (Å²) >= 11 is 0. The van der Waals surface area contributed by atoms with E-state index in [1.54, 1.807) is 7.11 Å². The smallest absolute Gasteiger partial charge is 0.240 e. The van der Waals surface area contributed by atoms with E-state index < -0.39 is 5.54 Å². The van der Waals surface area contributed by atoms with Crippen LogP contribution in [0.15, 0.2) is 4.52 Å². The highest BCUT2D eigenvalue weighted by Gasteiger charge is 2.21. The van der Waals surface area contributed by atoms with Crippen molar-refractivity contribution in [1.82, 2.24) is 15.0 Å². The molecular weight excluding hydrogens is 220 g/mol. The highest BCUT2D eigenvalue weighted by atomic mass is 16.5. The van der Waals surface area contributed by atoms with Gasteiger partial charge in [0, 0.05) is 13.7 Å². The van der Waals surface area contributed by atoms with E-state index >= 15 is 0 Å². The van der Waals surface area contributed by atoms with E-state index in [4.69, 9.17) is 15.0 Å². The van der Waals surface area contributed by atoms with Gasteiger partial charge in [-0.25, -0.2) is 0 Å². The molecule has 0 radical (unpaired) electrons. The summed E-state index contributed by atoms with van der Waals surface area (Å²) in [5, 5.41) is 3.89. The van der Waals surface area contributed by atoms with Crippen LogP contribution in [0.1, 0.15) is 32.5 Å². The molecule has 0 aliphatic carbocycles. The van der Waals surface area contributed by atoms with Gasteiger partial charge in [-0.3, -0.25) is 4.90 Å². The molecule has 0 saturated heterocycles. The molecule has 0 fully saturated rings. The van der Waals surface area contributed by atoms with Gasteiger partial charge in [0.25, 0.3) is 0 Å². The summed E-state index contributed by atoms with van der Waals surface area (Å²) in [7, 11) is 1.69. The summed E-state index contributed by atoms with van der Waals surface area (Å²) in [6.07, 6.45) is 0. The van der Waals surface area contributed by atoms with E-state index in [0.717, 1.165) is 13.1 Å². The number of hydrogen-bond acceptors (Lipinski definition) is 6. The Bertz CT molecular complexity index is 332. The minimum absolute atomic E-state index is 0.537. The molecule has 17 heavy (non-hydrogen) atoms. The molecule has 98 valence electrons. The van der Waals surface area contributed by atoms with Crippen molar-refractivity contribution in [3.63, 3.8) is 0 Å². The van der Waals surface area contributed by atoms with Gasteiger partial charge >= 0.3 is 0 Å². The molecule has 0 aliphatic rings. The quantitative estimate of drug-likeness (QED) is 0.759. The average molecular weight is 242 g/mol. The van der Waals surface area contributed by atoms with Gasteiger partial charge < -0.3 is 15.0 Å². The largest absolute Gasteiger partial charge is 0.383 e. The zero-order valence-corrected chi connectivity index (χ0v) is 11.1. The predicted molar refractivity (Wildman–Crippen MR) is 64.3 cm³/mol. The predicted octanol–water partition coefficient (Wildman–Crippen LogP) is 0.732. The third-order valence-electron chi connectivity index (χ3n) is 2.46. The van der Waals surface area contributed by atoms with Gasteiger partial charge in [0.15, 0.2) is 5.82 Å². The van der Waals surface area contributed by atoms with Crippen LogP contribution in [0.3, 0.4) is 0 Å². The van der Waals surface area contributed by atoms with Crippen LogP contribution in [0.25, 0.3) is 0 Å². The summed E-state index contributed by atoms with van der Waals surface area (Å²) in [4.78, 5) is 6.46. The number of aromatic nitrogens is 2. The van der Waals surface area contributed by atoms with E-state index in [1.165, 1.54) is 0 Å². The van der Waals surface area contributed by atoms with Crippen molar-refractivity contribution in [3.05, 3.63) is 11.7 Å². The highest BCUT2D eigenvalue weighted by Crippen LogP contribution is 2.13. The molecule has 0 aliphatic heterocycles. The van der Waals surface area contributed by atoms with Crippen LogP contribution >= 0.6 is 0 Å². The fourth-order valence-electron chi connectivity index (χ4n) is 1.34. The van der Waals surface area contributed by atoms with E-state index in [-0.39, 0.29) is 0 Å². The van der Waals surface area contributed by atoms with Gasteiger partial charge in [0.05, 0.1) is 18.7 Å². The molecule has 1 aromatic rings. The number of rotatable bonds is 7. The summed E-state index contributed by atoms with van der Waals surface area (Å²) in [5.74, 6) is 1.13. The average Bonchev–Trinajstić information content (AvgIpc) is 2.72. The van der Waals surface area contributed by atoms with Crippen molar-refractivity contribution in [1.29, 1.82) is 0 Å². The standard InChI is InChI=1S/C11H22N4O2/c1-5-15(6-7-16-4)8-9-13-10(14-17-9)11(2,3)12/h5-8,12H2,1-4H3. The van der Waals surface area contributed by atoms with Crippen molar-refractivity contribution >= 4 is 0 Å². The molecule has 0 amide bonds. The Morgan fingerprint density at radius 2 is 2.18 bits per heavy atom. The van der Waals surface area contributed by atoms with Crippen LogP contribution in [0.2, 0.25) is 0 Å². The lowest BCUT2D eigenvalue weighted by Gasteiger charge is -2.17. The van der Waals surface area contributed by atoms with Gasteiger partial charge in [0.2, 0.25) is 5.89 Å². The summed E-state index contributed by atoms with van der Waals surface area (Å²) in [6, 6.07) is 0. The van der Waals surface area contributed by atoms with Gasteiger partial charge in [-0.1, -0.05) is 12.1 Å². The molecule has 0 bridgehead atoms. The minimum Gasteiger partial charge on any atom is -0.383 e. The van der Waals surface area contributed by atoms with Crippen LogP contribution in [0, 0.1) is 0 Å². The van der Waals surface area contributed by atoms with Crippen molar-refractivity contribution in [2.75, 3.05) is 26.8 Å². The number of ether oxygens (including phenoxy) is 1. The SMILES string of the molecule is CCN(CCOC)Cc1nc(C(C)(C)N)no1. The van der Waals surface area contributed by atoms with Crippen molar-refractivity contribution in [2.24, 2.45) is 5.73 Å². The molecule has 1 rings (SSSR count). The molecule has 6 heteroatoms. The first-order chi connectivity index (χ1) is 7.97. The van der Waals surface area contributed by atoms with Crippen molar-refractivity contribution in [2.45, 2.75) is 32.9 Å². The first-order valence-corrected chi connectivity index (χ1v) is 5.80. The zero-order chi connectivity index (χ0) is 12.9. The summed E-state index contributed by atoms with van der Waals surface area (Å²) < 4.78 is 10.2. The lowest BCUT2D eigenvalue weighted by Crippen LogP contribution is -2.30. The Kier molecular flexibility index (Phi) is 5.04. The van der Waals surface area contributed by atoms with E-state index in [2.05, 4.69) is 22.0 Å². The Labute approximate surface area is 102 Å². The topological polar surface area (TPSA) is 77.4 Å². The van der Waals surface area contributed by atoms with Gasteiger partial charge in [-0.15, -0.1) is 0 Å². The molecule has 0 atom stereocenters. The Balaban J connectivity index is 2.58. The molecule has 0 aromatic carbocycles. The van der Waals surface area contributed by atoms with Gasteiger partial charge in [0.1, 0.15) is 0 Å². The molecule has 1 aromatic heterocycles. The molecule has 2 N–H and O–H groups in total. The van der Waals surface area contributed by atoms with Gasteiger partial charge in [-0.05, 0) is 20.4 Å². The Morgan fingerprint density at radius 1 is 1.47 bits per heavy atom. The first-order valence-electron chi connectivity index (χ1n) is 5.80. The number of likely N-dealkylation sites (N-methyl/N-ethyl adjacent to an activating group) is 1. The fraction of sp³-hybridized carbons (Fsp3) is 0.818.